The van der Waals surface area contributed by atoms with Crippen molar-refractivity contribution in [2.45, 2.75) is 0 Å². The number of aromatic nitrogens is 2. The van der Waals surface area contributed by atoms with Crippen molar-refractivity contribution in [3.05, 3.63) is 26.4 Å². The fourth-order valence-corrected chi connectivity index (χ4v) is 1.42. The Bertz CT molecular complexity index is 715. The number of hydrogen-bond acceptors (Lipinski definition) is 6. The van der Waals surface area contributed by atoms with E-state index in [-0.39, 0.29) is 5.56 Å². The highest BCUT2D eigenvalue weighted by Gasteiger charge is 2.12. The van der Waals surface area contributed by atoms with Crippen LogP contribution >= 0.6 is 0 Å². The summed E-state index contributed by atoms with van der Waals surface area (Å²) in [5.74, 6) is -2.43. The summed E-state index contributed by atoms with van der Waals surface area (Å²) in [4.78, 5) is 48.3. The molecule has 0 bridgehead atoms. The van der Waals surface area contributed by atoms with Gasteiger partial charge in [0.15, 0.2) is 0 Å². The second-order valence-electron chi connectivity index (χ2n) is 4.08. The minimum atomic E-state index is -1.20. The number of aliphatic imine (C=N–C) groups is 1. The van der Waals surface area contributed by atoms with Crippen LogP contribution < -0.4 is 16.6 Å². The standard InChI is InChI=1S/C11H14N4O6/c1-14-9(19)6(10(20)15(2)11(14)21)3-12-4-7(16)13-5-8(17)18/h3,19H,4-5H2,1-2H3,(H,13,16)(H,17,18). The summed E-state index contributed by atoms with van der Waals surface area (Å²) >= 11 is 0. The van der Waals surface area contributed by atoms with E-state index < -0.39 is 42.1 Å². The maximum absolute atomic E-state index is 11.8. The Balaban J connectivity index is 2.92. The van der Waals surface area contributed by atoms with Gasteiger partial charge in [0.05, 0.1) is 0 Å². The molecule has 0 aliphatic carbocycles. The van der Waals surface area contributed by atoms with Gasteiger partial charge in [0.1, 0.15) is 18.7 Å². The number of carboxylic acids is 1. The van der Waals surface area contributed by atoms with Crippen LogP contribution in [0.25, 0.3) is 0 Å². The number of hydrogen-bond donors (Lipinski definition) is 3. The second-order valence-corrected chi connectivity index (χ2v) is 4.08. The molecular weight excluding hydrogens is 284 g/mol. The zero-order valence-corrected chi connectivity index (χ0v) is 11.4. The maximum atomic E-state index is 11.8. The van der Waals surface area contributed by atoms with Crippen LogP contribution in [0, 0.1) is 0 Å². The Morgan fingerprint density at radius 3 is 2.48 bits per heavy atom. The van der Waals surface area contributed by atoms with Crippen molar-refractivity contribution in [1.29, 1.82) is 0 Å². The topological polar surface area (TPSA) is 143 Å². The highest BCUT2D eigenvalue weighted by Crippen LogP contribution is 2.05. The predicted molar refractivity (Wildman–Crippen MR) is 71.7 cm³/mol. The summed E-state index contributed by atoms with van der Waals surface area (Å²) in [5, 5.41) is 20.1. The molecule has 0 aromatic carbocycles. The van der Waals surface area contributed by atoms with E-state index in [1.165, 1.54) is 14.1 Å². The highest BCUT2D eigenvalue weighted by atomic mass is 16.4. The van der Waals surface area contributed by atoms with E-state index in [9.17, 15) is 24.3 Å². The Morgan fingerprint density at radius 1 is 1.29 bits per heavy atom. The molecule has 0 saturated carbocycles. The van der Waals surface area contributed by atoms with Crippen molar-refractivity contribution in [2.24, 2.45) is 19.1 Å². The lowest BCUT2D eigenvalue weighted by atomic mass is 10.3. The monoisotopic (exact) mass is 298 g/mol. The van der Waals surface area contributed by atoms with Crippen LogP contribution in [0.15, 0.2) is 14.6 Å². The molecule has 21 heavy (non-hydrogen) atoms. The summed E-state index contributed by atoms with van der Waals surface area (Å²) in [6, 6.07) is 0. The number of carbonyl (C=O) groups is 2. The van der Waals surface area contributed by atoms with E-state index in [0.29, 0.717) is 0 Å². The van der Waals surface area contributed by atoms with Gasteiger partial charge in [-0.25, -0.2) is 4.79 Å². The molecule has 1 rings (SSSR count). The molecule has 3 N–H and O–H groups in total. The smallest absolute Gasteiger partial charge is 0.333 e. The van der Waals surface area contributed by atoms with E-state index in [2.05, 4.69) is 10.3 Å². The zero-order chi connectivity index (χ0) is 16.2. The first-order valence-electron chi connectivity index (χ1n) is 5.73. The number of nitrogens with zero attached hydrogens (tertiary/aromatic N) is 3. The summed E-state index contributed by atoms with van der Waals surface area (Å²) in [6.07, 6.45) is 0.956. The number of carboxylic acid groups (broad SMARTS) is 1. The number of carbonyl (C=O) groups excluding carboxylic acids is 1. The molecule has 0 fully saturated rings. The Kier molecular flexibility index (Phi) is 5.00. The molecule has 0 atom stereocenters. The molecular formula is C11H14N4O6. The van der Waals surface area contributed by atoms with Gasteiger partial charge >= 0.3 is 11.7 Å². The SMILES string of the molecule is Cn1c(O)c(C=NCC(=O)NCC(=O)O)c(=O)n(C)c1=O. The Morgan fingerprint density at radius 2 is 1.90 bits per heavy atom. The summed E-state index contributed by atoms with van der Waals surface area (Å²) < 4.78 is 1.64. The second kappa shape index (κ2) is 6.50. The Hall–Kier alpha value is -2.91. The molecule has 0 aliphatic rings. The van der Waals surface area contributed by atoms with E-state index in [0.717, 1.165) is 15.3 Å². The van der Waals surface area contributed by atoms with Gasteiger partial charge < -0.3 is 15.5 Å². The van der Waals surface area contributed by atoms with Crippen molar-refractivity contribution >= 4 is 18.1 Å². The zero-order valence-electron chi connectivity index (χ0n) is 11.4. The largest absolute Gasteiger partial charge is 0.494 e. The molecule has 0 radical (unpaired) electrons. The van der Waals surface area contributed by atoms with Crippen molar-refractivity contribution in [1.82, 2.24) is 14.5 Å². The first-order chi connectivity index (χ1) is 9.75. The Labute approximate surface area is 118 Å². The average molecular weight is 298 g/mol. The van der Waals surface area contributed by atoms with Gasteiger partial charge in [0, 0.05) is 20.3 Å². The van der Waals surface area contributed by atoms with E-state index in [1.807, 2.05) is 0 Å². The van der Waals surface area contributed by atoms with Crippen LogP contribution in [0.3, 0.4) is 0 Å². The molecule has 0 unspecified atom stereocenters. The quantitative estimate of drug-likeness (QED) is 0.509. The van der Waals surface area contributed by atoms with Crippen LogP contribution in [0.1, 0.15) is 5.56 Å². The molecule has 0 aliphatic heterocycles. The normalized spacial score (nSPS) is 10.8. The van der Waals surface area contributed by atoms with Crippen LogP contribution in [-0.4, -0.2) is 50.5 Å². The molecule has 1 heterocycles. The highest BCUT2D eigenvalue weighted by molar-refractivity contribution is 5.86. The predicted octanol–water partition coefficient (Wildman–Crippen LogP) is -2.59. The number of aliphatic carboxylic acids is 1. The molecule has 114 valence electrons. The molecule has 1 amide bonds. The average Bonchev–Trinajstić information content (AvgIpc) is 2.44. The van der Waals surface area contributed by atoms with Gasteiger partial charge in [0.2, 0.25) is 11.8 Å². The number of rotatable bonds is 5. The van der Waals surface area contributed by atoms with Gasteiger partial charge in [-0.1, -0.05) is 0 Å². The molecule has 1 aromatic heterocycles. The first-order valence-corrected chi connectivity index (χ1v) is 5.73. The van der Waals surface area contributed by atoms with E-state index >= 15 is 0 Å². The van der Waals surface area contributed by atoms with Crippen LogP contribution in [-0.2, 0) is 23.7 Å². The maximum Gasteiger partial charge on any atom is 0.333 e. The molecule has 0 saturated heterocycles. The van der Waals surface area contributed by atoms with E-state index in [1.54, 1.807) is 0 Å². The van der Waals surface area contributed by atoms with Gasteiger partial charge in [-0.15, -0.1) is 0 Å². The molecule has 1 aromatic rings. The summed E-state index contributed by atoms with van der Waals surface area (Å²) in [7, 11) is 2.51. The molecule has 0 spiro atoms. The third-order valence-electron chi connectivity index (χ3n) is 2.56. The van der Waals surface area contributed by atoms with Crippen LogP contribution in [0.2, 0.25) is 0 Å². The van der Waals surface area contributed by atoms with Crippen molar-refractivity contribution in [2.75, 3.05) is 13.1 Å². The summed E-state index contributed by atoms with van der Waals surface area (Å²) in [5.41, 5.74) is -1.70. The lowest BCUT2D eigenvalue weighted by Gasteiger charge is -2.06. The fourth-order valence-electron chi connectivity index (χ4n) is 1.42. The van der Waals surface area contributed by atoms with Gasteiger partial charge in [-0.05, 0) is 0 Å². The van der Waals surface area contributed by atoms with Gasteiger partial charge in [-0.3, -0.25) is 28.5 Å². The minimum absolute atomic E-state index is 0.245. The van der Waals surface area contributed by atoms with Gasteiger partial charge in [0.25, 0.3) is 5.56 Å². The number of aromatic hydroxyl groups is 1. The minimum Gasteiger partial charge on any atom is -0.494 e. The van der Waals surface area contributed by atoms with Crippen LogP contribution in [0.5, 0.6) is 5.88 Å². The first kappa shape index (κ1) is 16.1. The number of amides is 1. The lowest BCUT2D eigenvalue weighted by Crippen LogP contribution is -2.38. The summed E-state index contributed by atoms with van der Waals surface area (Å²) in [6.45, 7) is -0.958. The third kappa shape index (κ3) is 3.78. The molecule has 10 heteroatoms. The lowest BCUT2D eigenvalue weighted by molar-refractivity contribution is -0.137. The van der Waals surface area contributed by atoms with Crippen molar-refractivity contribution < 1.29 is 19.8 Å². The number of nitrogens with one attached hydrogen (secondary N) is 1. The van der Waals surface area contributed by atoms with Crippen molar-refractivity contribution in [3.63, 3.8) is 0 Å². The third-order valence-corrected chi connectivity index (χ3v) is 2.56. The van der Waals surface area contributed by atoms with Gasteiger partial charge in [-0.2, -0.15) is 0 Å². The van der Waals surface area contributed by atoms with Crippen LogP contribution in [0.4, 0.5) is 0 Å². The molecule has 10 nitrogen and oxygen atoms in total. The van der Waals surface area contributed by atoms with Crippen molar-refractivity contribution in [3.8, 4) is 5.88 Å². The van der Waals surface area contributed by atoms with E-state index in [4.69, 9.17) is 5.11 Å². The fraction of sp³-hybridized carbons (Fsp3) is 0.364.